The molecule has 0 aromatic rings. The van der Waals surface area contributed by atoms with Crippen molar-refractivity contribution in [2.45, 2.75) is 13.3 Å². The third-order valence-corrected chi connectivity index (χ3v) is 4.60. The van der Waals surface area contributed by atoms with Gasteiger partial charge in [0.05, 0.1) is 0 Å². The van der Waals surface area contributed by atoms with Crippen molar-refractivity contribution < 1.29 is 8.42 Å². The van der Waals surface area contributed by atoms with E-state index >= 15 is 0 Å². The van der Waals surface area contributed by atoms with E-state index in [1.165, 1.54) is 4.31 Å². The SMILES string of the molecule is CCCN1CCN(S(=O)(=O)N(C)C)CC1. The second kappa shape index (κ2) is 5.25. The summed E-state index contributed by atoms with van der Waals surface area (Å²) in [7, 11) is -0.0441. The van der Waals surface area contributed by atoms with Crippen LogP contribution in [-0.2, 0) is 10.2 Å². The predicted molar refractivity (Wildman–Crippen MR) is 60.9 cm³/mol. The summed E-state index contributed by atoms with van der Waals surface area (Å²) in [5.41, 5.74) is 0. The second-order valence-corrected chi connectivity index (χ2v) is 6.17. The third-order valence-electron chi connectivity index (χ3n) is 2.66. The Morgan fingerprint density at radius 3 is 2.07 bits per heavy atom. The second-order valence-electron chi connectivity index (χ2n) is 4.03. The third kappa shape index (κ3) is 3.14. The number of hydrogen-bond donors (Lipinski definition) is 0. The van der Waals surface area contributed by atoms with Crippen LogP contribution < -0.4 is 0 Å². The van der Waals surface area contributed by atoms with Gasteiger partial charge in [-0.1, -0.05) is 6.92 Å². The van der Waals surface area contributed by atoms with E-state index in [0.717, 1.165) is 26.1 Å². The lowest BCUT2D eigenvalue weighted by Crippen LogP contribution is -2.51. The van der Waals surface area contributed by atoms with Crippen LogP contribution in [0, 0.1) is 0 Å². The van der Waals surface area contributed by atoms with Gasteiger partial charge in [0.15, 0.2) is 0 Å². The predicted octanol–water partition coefficient (Wildman–Crippen LogP) is -0.180. The van der Waals surface area contributed by atoms with Crippen molar-refractivity contribution in [3.63, 3.8) is 0 Å². The van der Waals surface area contributed by atoms with Gasteiger partial charge in [-0.25, -0.2) is 0 Å². The standard InChI is InChI=1S/C9H21N3O2S/c1-4-5-11-6-8-12(9-7-11)15(13,14)10(2)3/h4-9H2,1-3H3. The highest BCUT2D eigenvalue weighted by Gasteiger charge is 2.27. The number of rotatable bonds is 4. The molecule has 0 saturated carbocycles. The molecule has 1 saturated heterocycles. The summed E-state index contributed by atoms with van der Waals surface area (Å²) in [4.78, 5) is 2.31. The quantitative estimate of drug-likeness (QED) is 0.679. The smallest absolute Gasteiger partial charge is 0.281 e. The van der Waals surface area contributed by atoms with Crippen molar-refractivity contribution in [2.24, 2.45) is 0 Å². The van der Waals surface area contributed by atoms with Crippen LogP contribution in [0.3, 0.4) is 0 Å². The minimum Gasteiger partial charge on any atom is -0.301 e. The monoisotopic (exact) mass is 235 g/mol. The summed E-state index contributed by atoms with van der Waals surface area (Å²) in [6.45, 7) is 6.13. The zero-order valence-corrected chi connectivity index (χ0v) is 10.6. The minimum absolute atomic E-state index is 0.612. The Balaban J connectivity index is 2.51. The van der Waals surface area contributed by atoms with E-state index in [9.17, 15) is 8.42 Å². The zero-order valence-electron chi connectivity index (χ0n) is 9.81. The van der Waals surface area contributed by atoms with Crippen molar-refractivity contribution in [1.29, 1.82) is 0 Å². The molecule has 1 aliphatic rings. The highest BCUT2D eigenvalue weighted by Crippen LogP contribution is 2.09. The van der Waals surface area contributed by atoms with Gasteiger partial charge in [0.2, 0.25) is 0 Å². The molecule has 6 heteroatoms. The Morgan fingerprint density at radius 2 is 1.67 bits per heavy atom. The molecule has 0 radical (unpaired) electrons. The van der Waals surface area contributed by atoms with Gasteiger partial charge in [0.25, 0.3) is 10.2 Å². The van der Waals surface area contributed by atoms with Crippen molar-refractivity contribution in [1.82, 2.24) is 13.5 Å². The molecule has 0 amide bonds. The molecule has 0 aromatic carbocycles. The normalized spacial score (nSPS) is 21.1. The Labute approximate surface area is 92.8 Å². The Kier molecular flexibility index (Phi) is 4.51. The Bertz CT molecular complexity index is 282. The lowest BCUT2D eigenvalue weighted by molar-refractivity contribution is 0.184. The highest BCUT2D eigenvalue weighted by molar-refractivity contribution is 7.86. The van der Waals surface area contributed by atoms with Gasteiger partial charge >= 0.3 is 0 Å². The molecule has 90 valence electrons. The van der Waals surface area contributed by atoms with Gasteiger partial charge in [-0.05, 0) is 13.0 Å². The molecule has 1 fully saturated rings. The average Bonchev–Trinajstić information content (AvgIpc) is 2.19. The van der Waals surface area contributed by atoms with Crippen LogP contribution in [0.25, 0.3) is 0 Å². The van der Waals surface area contributed by atoms with Crippen molar-refractivity contribution in [2.75, 3.05) is 46.8 Å². The molecule has 0 unspecified atom stereocenters. The largest absolute Gasteiger partial charge is 0.301 e. The summed E-state index contributed by atoms with van der Waals surface area (Å²) < 4.78 is 26.4. The number of nitrogens with zero attached hydrogens (tertiary/aromatic N) is 3. The van der Waals surface area contributed by atoms with Gasteiger partial charge in [-0.3, -0.25) is 0 Å². The molecule has 0 aliphatic carbocycles. The lowest BCUT2D eigenvalue weighted by Gasteiger charge is -2.34. The fraction of sp³-hybridized carbons (Fsp3) is 1.00. The van der Waals surface area contributed by atoms with E-state index in [0.29, 0.717) is 13.1 Å². The molecule has 15 heavy (non-hydrogen) atoms. The van der Waals surface area contributed by atoms with E-state index in [1.807, 2.05) is 0 Å². The Morgan fingerprint density at radius 1 is 1.13 bits per heavy atom. The van der Waals surface area contributed by atoms with E-state index in [4.69, 9.17) is 0 Å². The fourth-order valence-electron chi connectivity index (χ4n) is 1.73. The molecule has 0 atom stereocenters. The van der Waals surface area contributed by atoms with E-state index in [2.05, 4.69) is 11.8 Å². The van der Waals surface area contributed by atoms with Crippen LogP contribution in [0.1, 0.15) is 13.3 Å². The fourth-order valence-corrected chi connectivity index (χ4v) is 2.82. The summed E-state index contributed by atoms with van der Waals surface area (Å²) in [5.74, 6) is 0. The maximum Gasteiger partial charge on any atom is 0.281 e. The molecule has 1 rings (SSSR count). The summed E-state index contributed by atoms with van der Waals surface area (Å²) in [6.07, 6.45) is 1.13. The first-order valence-corrected chi connectivity index (χ1v) is 6.78. The molecular formula is C9H21N3O2S. The first-order chi connectivity index (χ1) is 6.98. The summed E-state index contributed by atoms with van der Waals surface area (Å²) in [6, 6.07) is 0. The van der Waals surface area contributed by atoms with Crippen molar-refractivity contribution in [3.8, 4) is 0 Å². The van der Waals surface area contributed by atoms with Crippen molar-refractivity contribution in [3.05, 3.63) is 0 Å². The number of hydrogen-bond acceptors (Lipinski definition) is 3. The van der Waals surface area contributed by atoms with Gasteiger partial charge in [-0.15, -0.1) is 0 Å². The molecule has 0 spiro atoms. The van der Waals surface area contributed by atoms with Gasteiger partial charge < -0.3 is 4.90 Å². The van der Waals surface area contributed by atoms with Crippen LogP contribution in [0.2, 0.25) is 0 Å². The Hall–Kier alpha value is -0.170. The van der Waals surface area contributed by atoms with E-state index in [1.54, 1.807) is 18.4 Å². The summed E-state index contributed by atoms with van der Waals surface area (Å²) >= 11 is 0. The van der Waals surface area contributed by atoms with Crippen LogP contribution in [0.5, 0.6) is 0 Å². The lowest BCUT2D eigenvalue weighted by atomic mass is 10.3. The molecule has 0 N–H and O–H groups in total. The molecular weight excluding hydrogens is 214 g/mol. The maximum atomic E-state index is 11.8. The van der Waals surface area contributed by atoms with Crippen LogP contribution in [-0.4, -0.2) is 68.7 Å². The van der Waals surface area contributed by atoms with Crippen molar-refractivity contribution >= 4 is 10.2 Å². The van der Waals surface area contributed by atoms with Gasteiger partial charge in [0.1, 0.15) is 0 Å². The minimum atomic E-state index is -3.20. The first-order valence-electron chi connectivity index (χ1n) is 5.38. The topological polar surface area (TPSA) is 43.9 Å². The van der Waals surface area contributed by atoms with E-state index in [-0.39, 0.29) is 0 Å². The van der Waals surface area contributed by atoms with Gasteiger partial charge in [0, 0.05) is 40.3 Å². The molecule has 0 aromatic heterocycles. The maximum absolute atomic E-state index is 11.8. The average molecular weight is 235 g/mol. The van der Waals surface area contributed by atoms with Gasteiger partial charge in [-0.2, -0.15) is 17.0 Å². The van der Waals surface area contributed by atoms with Crippen LogP contribution in [0.4, 0.5) is 0 Å². The number of piperazine rings is 1. The molecule has 5 nitrogen and oxygen atoms in total. The highest BCUT2D eigenvalue weighted by atomic mass is 32.2. The summed E-state index contributed by atoms with van der Waals surface area (Å²) in [5, 5.41) is 0. The molecule has 1 aliphatic heterocycles. The molecule has 1 heterocycles. The van der Waals surface area contributed by atoms with E-state index < -0.39 is 10.2 Å². The molecule has 0 bridgehead atoms. The van der Waals surface area contributed by atoms with Crippen LogP contribution in [0.15, 0.2) is 0 Å². The van der Waals surface area contributed by atoms with Crippen LogP contribution >= 0.6 is 0 Å². The zero-order chi connectivity index (χ0) is 11.5. The first kappa shape index (κ1) is 12.9.